The zero-order chi connectivity index (χ0) is 16.4. The first-order valence-electron chi connectivity index (χ1n) is 7.99. The number of anilines is 1. The maximum atomic E-state index is 11.5. The van der Waals surface area contributed by atoms with E-state index in [1.807, 2.05) is 6.20 Å². The van der Waals surface area contributed by atoms with Crippen molar-refractivity contribution in [3.05, 3.63) is 18.1 Å². The summed E-state index contributed by atoms with van der Waals surface area (Å²) in [6.45, 7) is 4.13. The van der Waals surface area contributed by atoms with Gasteiger partial charge in [0.05, 0.1) is 11.6 Å². The number of aromatic amines is 1. The Morgan fingerprint density at radius 1 is 1.35 bits per heavy atom. The lowest BCUT2D eigenvalue weighted by Crippen LogP contribution is -2.39. The molecule has 126 valence electrons. The van der Waals surface area contributed by atoms with E-state index in [4.69, 9.17) is 0 Å². The van der Waals surface area contributed by atoms with Crippen molar-refractivity contribution < 1.29 is 8.42 Å². The summed E-state index contributed by atoms with van der Waals surface area (Å²) < 4.78 is 24.7. The molecule has 8 heteroatoms. The highest BCUT2D eigenvalue weighted by Gasteiger charge is 2.25. The fourth-order valence-corrected chi connectivity index (χ4v) is 4.00. The summed E-state index contributed by atoms with van der Waals surface area (Å²) in [7, 11) is -3.06. The summed E-state index contributed by atoms with van der Waals surface area (Å²) in [4.78, 5) is 11.8. The minimum Gasteiger partial charge on any atom is -0.369 e. The summed E-state index contributed by atoms with van der Waals surface area (Å²) in [6.07, 6.45) is 7.50. The van der Waals surface area contributed by atoms with Gasteiger partial charge in [0, 0.05) is 25.8 Å². The van der Waals surface area contributed by atoms with E-state index in [1.54, 1.807) is 10.6 Å². The van der Waals surface area contributed by atoms with Gasteiger partial charge in [0.25, 0.3) is 0 Å². The van der Waals surface area contributed by atoms with Crippen LogP contribution in [0.1, 0.15) is 25.3 Å². The third-order valence-corrected chi connectivity index (χ3v) is 5.84. The third-order valence-electron chi connectivity index (χ3n) is 4.53. The molecular formula is C15H23N5O2S. The summed E-state index contributed by atoms with van der Waals surface area (Å²) >= 11 is 0. The molecule has 2 aromatic heterocycles. The van der Waals surface area contributed by atoms with Gasteiger partial charge >= 0.3 is 0 Å². The highest BCUT2D eigenvalue weighted by atomic mass is 32.2. The topological polar surface area (TPSA) is 91.0 Å². The van der Waals surface area contributed by atoms with E-state index in [-0.39, 0.29) is 0 Å². The lowest BCUT2D eigenvalue weighted by molar-refractivity contribution is 0.283. The van der Waals surface area contributed by atoms with Gasteiger partial charge in [-0.1, -0.05) is 6.92 Å². The SMILES string of the molecule is CCc1c[nH]c2ncnc(NCC3CCN(S(C)(=O)=O)CC3)c12. The minimum absolute atomic E-state index is 0.460. The number of hydrogen-bond acceptors (Lipinski definition) is 5. The summed E-state index contributed by atoms with van der Waals surface area (Å²) in [5, 5.41) is 4.49. The normalized spacial score (nSPS) is 17.7. The van der Waals surface area contributed by atoms with Crippen molar-refractivity contribution >= 4 is 26.9 Å². The molecule has 3 rings (SSSR count). The van der Waals surface area contributed by atoms with Crippen LogP contribution in [0.15, 0.2) is 12.5 Å². The van der Waals surface area contributed by atoms with E-state index in [0.717, 1.165) is 42.7 Å². The summed E-state index contributed by atoms with van der Waals surface area (Å²) in [6, 6.07) is 0. The second kappa shape index (κ2) is 6.45. The van der Waals surface area contributed by atoms with Crippen molar-refractivity contribution in [2.24, 2.45) is 5.92 Å². The summed E-state index contributed by atoms with van der Waals surface area (Å²) in [5.74, 6) is 1.32. The van der Waals surface area contributed by atoms with Crippen LogP contribution in [0.3, 0.4) is 0 Å². The zero-order valence-electron chi connectivity index (χ0n) is 13.5. The van der Waals surface area contributed by atoms with Gasteiger partial charge in [-0.25, -0.2) is 22.7 Å². The number of nitrogens with one attached hydrogen (secondary N) is 2. The lowest BCUT2D eigenvalue weighted by atomic mass is 9.98. The molecule has 0 amide bonds. The molecule has 3 heterocycles. The first-order chi connectivity index (χ1) is 11.0. The number of fused-ring (bicyclic) bond motifs is 1. The molecular weight excluding hydrogens is 314 g/mol. The van der Waals surface area contributed by atoms with Crippen molar-refractivity contribution in [2.75, 3.05) is 31.2 Å². The maximum absolute atomic E-state index is 11.5. The van der Waals surface area contributed by atoms with Gasteiger partial charge in [0.2, 0.25) is 10.0 Å². The van der Waals surface area contributed by atoms with Gasteiger partial charge in [-0.2, -0.15) is 0 Å². The number of sulfonamides is 1. The lowest BCUT2D eigenvalue weighted by Gasteiger charge is -2.30. The number of H-pyrrole nitrogens is 1. The van der Waals surface area contributed by atoms with Gasteiger partial charge in [0.15, 0.2) is 0 Å². The molecule has 1 saturated heterocycles. The van der Waals surface area contributed by atoms with Gasteiger partial charge in [-0.05, 0) is 30.7 Å². The Morgan fingerprint density at radius 2 is 2.09 bits per heavy atom. The first-order valence-corrected chi connectivity index (χ1v) is 9.83. The highest BCUT2D eigenvalue weighted by molar-refractivity contribution is 7.88. The fraction of sp³-hybridized carbons (Fsp3) is 0.600. The van der Waals surface area contributed by atoms with Crippen LogP contribution >= 0.6 is 0 Å². The summed E-state index contributed by atoms with van der Waals surface area (Å²) in [5.41, 5.74) is 2.06. The van der Waals surface area contributed by atoms with Crippen molar-refractivity contribution in [3.8, 4) is 0 Å². The Kier molecular flexibility index (Phi) is 4.54. The molecule has 1 fully saturated rings. The number of nitrogens with zero attached hydrogens (tertiary/aromatic N) is 3. The average molecular weight is 337 g/mol. The van der Waals surface area contributed by atoms with Crippen molar-refractivity contribution in [2.45, 2.75) is 26.2 Å². The molecule has 1 aliphatic heterocycles. The first kappa shape index (κ1) is 16.2. The fourth-order valence-electron chi connectivity index (χ4n) is 3.13. The van der Waals surface area contributed by atoms with Crippen LogP contribution in [0.2, 0.25) is 0 Å². The zero-order valence-corrected chi connectivity index (χ0v) is 14.4. The maximum Gasteiger partial charge on any atom is 0.211 e. The molecule has 0 aliphatic carbocycles. The predicted octanol–water partition coefficient (Wildman–Crippen LogP) is 1.60. The molecule has 2 N–H and O–H groups in total. The molecule has 0 unspecified atom stereocenters. The van der Waals surface area contributed by atoms with Crippen molar-refractivity contribution in [1.29, 1.82) is 0 Å². The Balaban J connectivity index is 1.65. The quantitative estimate of drug-likeness (QED) is 0.865. The van der Waals surface area contributed by atoms with Crippen LogP contribution in [0.25, 0.3) is 11.0 Å². The minimum atomic E-state index is -3.06. The molecule has 2 aromatic rings. The number of piperidine rings is 1. The number of aromatic nitrogens is 3. The monoisotopic (exact) mass is 337 g/mol. The molecule has 7 nitrogen and oxygen atoms in total. The van der Waals surface area contributed by atoms with Crippen LogP contribution in [0.4, 0.5) is 5.82 Å². The standard InChI is InChI=1S/C15H23N5O2S/c1-3-12-9-17-15-13(12)14(18-10-19-15)16-8-11-4-6-20(7-5-11)23(2,21)22/h9-11H,3-8H2,1-2H3,(H2,16,17,18,19). The average Bonchev–Trinajstić information content (AvgIpc) is 2.96. The molecule has 23 heavy (non-hydrogen) atoms. The molecule has 0 atom stereocenters. The van der Waals surface area contributed by atoms with Crippen LogP contribution in [-0.4, -0.2) is 53.6 Å². The highest BCUT2D eigenvalue weighted by Crippen LogP contribution is 2.25. The predicted molar refractivity (Wildman–Crippen MR) is 90.9 cm³/mol. The molecule has 1 aliphatic rings. The molecule has 0 saturated carbocycles. The van der Waals surface area contributed by atoms with E-state index in [2.05, 4.69) is 27.2 Å². The van der Waals surface area contributed by atoms with Gasteiger partial charge in [-0.15, -0.1) is 0 Å². The molecule has 0 bridgehead atoms. The molecule has 0 spiro atoms. The number of hydrogen-bond donors (Lipinski definition) is 2. The Labute approximate surface area is 136 Å². The van der Waals surface area contributed by atoms with Gasteiger partial charge in [0.1, 0.15) is 17.8 Å². The van der Waals surface area contributed by atoms with E-state index in [1.165, 1.54) is 11.8 Å². The molecule has 0 aromatic carbocycles. The van der Waals surface area contributed by atoms with Crippen LogP contribution in [0.5, 0.6) is 0 Å². The Bertz CT molecular complexity index is 778. The van der Waals surface area contributed by atoms with Gasteiger partial charge < -0.3 is 10.3 Å². The largest absolute Gasteiger partial charge is 0.369 e. The van der Waals surface area contributed by atoms with E-state index < -0.39 is 10.0 Å². The van der Waals surface area contributed by atoms with Crippen molar-refractivity contribution in [1.82, 2.24) is 19.3 Å². The molecule has 0 radical (unpaired) electrons. The van der Waals surface area contributed by atoms with Gasteiger partial charge in [-0.3, -0.25) is 0 Å². The van der Waals surface area contributed by atoms with E-state index in [0.29, 0.717) is 19.0 Å². The van der Waals surface area contributed by atoms with E-state index in [9.17, 15) is 8.42 Å². The Morgan fingerprint density at radius 3 is 2.74 bits per heavy atom. The Hall–Kier alpha value is -1.67. The second-order valence-electron chi connectivity index (χ2n) is 6.10. The number of aryl methyl sites for hydroxylation is 1. The van der Waals surface area contributed by atoms with Crippen LogP contribution in [-0.2, 0) is 16.4 Å². The van der Waals surface area contributed by atoms with E-state index >= 15 is 0 Å². The van der Waals surface area contributed by atoms with Crippen LogP contribution in [0, 0.1) is 5.92 Å². The second-order valence-corrected chi connectivity index (χ2v) is 8.08. The third kappa shape index (κ3) is 3.48. The van der Waals surface area contributed by atoms with Crippen LogP contribution < -0.4 is 5.32 Å². The number of rotatable bonds is 5. The smallest absolute Gasteiger partial charge is 0.211 e. The van der Waals surface area contributed by atoms with Crippen molar-refractivity contribution in [3.63, 3.8) is 0 Å².